The maximum absolute atomic E-state index is 11.9. The molecule has 6 nitrogen and oxygen atoms in total. The first-order valence-corrected chi connectivity index (χ1v) is 6.89. The number of nitrogens with two attached hydrogens (primary N) is 1. The van der Waals surface area contributed by atoms with Gasteiger partial charge >= 0.3 is 5.97 Å². The minimum absolute atomic E-state index is 0.0209. The lowest BCUT2D eigenvalue weighted by Crippen LogP contribution is -2.33. The summed E-state index contributed by atoms with van der Waals surface area (Å²) in [7, 11) is -0.902. The van der Waals surface area contributed by atoms with Crippen LogP contribution in [0.1, 0.15) is 10.4 Å². The number of carbonyl (C=O) groups excluding carboxylic acids is 1. The number of anilines is 1. The maximum Gasteiger partial charge on any atom is 0.340 e. The Bertz CT molecular complexity index is 528. The second-order valence-corrected chi connectivity index (χ2v) is 5.70. The van der Waals surface area contributed by atoms with Crippen molar-refractivity contribution >= 4 is 21.7 Å². The van der Waals surface area contributed by atoms with E-state index in [2.05, 4.69) is 4.74 Å². The van der Waals surface area contributed by atoms with Gasteiger partial charge in [0.2, 0.25) is 10.0 Å². The van der Waals surface area contributed by atoms with Gasteiger partial charge in [0, 0.05) is 13.6 Å². The van der Waals surface area contributed by atoms with Crippen LogP contribution in [-0.2, 0) is 14.8 Å². The number of ether oxygens (including phenoxy) is 1. The van der Waals surface area contributed by atoms with E-state index in [1.54, 1.807) is 18.2 Å². The highest BCUT2D eigenvalue weighted by molar-refractivity contribution is 7.92. The summed E-state index contributed by atoms with van der Waals surface area (Å²) in [5, 5.41) is 0. The fourth-order valence-corrected chi connectivity index (χ4v) is 2.50. The molecule has 0 aliphatic rings. The lowest BCUT2D eigenvalue weighted by atomic mass is 10.2. The van der Waals surface area contributed by atoms with Gasteiger partial charge in [-0.1, -0.05) is 12.1 Å². The molecule has 0 atom stereocenters. The molecule has 0 aromatic heterocycles. The predicted molar refractivity (Wildman–Crippen MR) is 69.0 cm³/mol. The molecule has 2 N–H and O–H groups in total. The number of nitrogens with zero attached hydrogens (tertiary/aromatic N) is 1. The fourth-order valence-electron chi connectivity index (χ4n) is 1.47. The molecule has 0 spiro atoms. The standard InChI is InChI=1S/C11H16N2O4S/c1-13(18(15,16)8-7-12)10-6-4-3-5-9(10)11(14)17-2/h3-6H,7-8,12H2,1-2H3. The Morgan fingerprint density at radius 3 is 2.56 bits per heavy atom. The lowest BCUT2D eigenvalue weighted by molar-refractivity contribution is 0.0601. The van der Waals surface area contributed by atoms with Crippen LogP contribution < -0.4 is 10.0 Å². The molecule has 0 heterocycles. The van der Waals surface area contributed by atoms with Gasteiger partial charge in [-0.15, -0.1) is 0 Å². The Morgan fingerprint density at radius 1 is 1.39 bits per heavy atom. The maximum atomic E-state index is 11.9. The number of benzene rings is 1. The second kappa shape index (κ2) is 5.83. The molecular formula is C11H16N2O4S. The monoisotopic (exact) mass is 272 g/mol. The highest BCUT2D eigenvalue weighted by Crippen LogP contribution is 2.22. The molecule has 0 saturated carbocycles. The summed E-state index contributed by atoms with van der Waals surface area (Å²) in [6.45, 7) is 0.0209. The predicted octanol–water partition coefficient (Wildman–Crippen LogP) is 0.198. The van der Waals surface area contributed by atoms with Gasteiger partial charge < -0.3 is 10.5 Å². The van der Waals surface area contributed by atoms with Crippen LogP contribution in [0.5, 0.6) is 0 Å². The van der Waals surface area contributed by atoms with Crippen molar-refractivity contribution in [1.82, 2.24) is 0 Å². The van der Waals surface area contributed by atoms with Crippen molar-refractivity contribution in [3.63, 3.8) is 0 Å². The molecule has 0 saturated heterocycles. The molecule has 0 aliphatic heterocycles. The van der Waals surface area contributed by atoms with Gasteiger partial charge in [-0.2, -0.15) is 0 Å². The van der Waals surface area contributed by atoms with E-state index in [1.807, 2.05) is 0 Å². The van der Waals surface area contributed by atoms with E-state index in [-0.39, 0.29) is 23.5 Å². The summed E-state index contributed by atoms with van der Waals surface area (Å²) in [6.07, 6.45) is 0. The van der Waals surface area contributed by atoms with Gasteiger partial charge in [0.25, 0.3) is 0 Å². The van der Waals surface area contributed by atoms with Gasteiger partial charge in [0.05, 0.1) is 24.1 Å². The molecule has 100 valence electrons. The molecular weight excluding hydrogens is 256 g/mol. The molecule has 1 aromatic rings. The van der Waals surface area contributed by atoms with Crippen molar-refractivity contribution in [2.45, 2.75) is 0 Å². The van der Waals surface area contributed by atoms with Crippen molar-refractivity contribution in [2.75, 3.05) is 30.8 Å². The zero-order chi connectivity index (χ0) is 13.8. The molecule has 0 fully saturated rings. The van der Waals surface area contributed by atoms with Crippen LogP contribution in [0.15, 0.2) is 24.3 Å². The summed E-state index contributed by atoms with van der Waals surface area (Å²) in [5.74, 6) is -0.765. The quantitative estimate of drug-likeness (QED) is 0.773. The van der Waals surface area contributed by atoms with Gasteiger partial charge in [0.1, 0.15) is 0 Å². The van der Waals surface area contributed by atoms with Crippen molar-refractivity contribution < 1.29 is 17.9 Å². The number of hydrogen-bond donors (Lipinski definition) is 1. The number of esters is 1. The SMILES string of the molecule is COC(=O)c1ccccc1N(C)S(=O)(=O)CCN. The van der Waals surface area contributed by atoms with Crippen molar-refractivity contribution in [1.29, 1.82) is 0 Å². The molecule has 0 aliphatic carbocycles. The third-order valence-electron chi connectivity index (χ3n) is 2.44. The van der Waals surface area contributed by atoms with Crippen molar-refractivity contribution in [3.8, 4) is 0 Å². The van der Waals surface area contributed by atoms with E-state index in [1.165, 1.54) is 20.2 Å². The summed E-state index contributed by atoms with van der Waals surface area (Å²) >= 11 is 0. The average Bonchev–Trinajstić information content (AvgIpc) is 2.37. The normalized spacial score (nSPS) is 11.1. The summed E-state index contributed by atoms with van der Waals surface area (Å²) in [4.78, 5) is 11.6. The Kier molecular flexibility index (Phi) is 4.69. The van der Waals surface area contributed by atoms with Gasteiger partial charge in [-0.25, -0.2) is 13.2 Å². The average molecular weight is 272 g/mol. The van der Waals surface area contributed by atoms with E-state index in [4.69, 9.17) is 5.73 Å². The Labute approximate surface area is 106 Å². The van der Waals surface area contributed by atoms with E-state index < -0.39 is 16.0 Å². The first kappa shape index (κ1) is 14.5. The van der Waals surface area contributed by atoms with Crippen LogP contribution in [0.4, 0.5) is 5.69 Å². The van der Waals surface area contributed by atoms with Crippen molar-refractivity contribution in [2.24, 2.45) is 5.73 Å². The smallest absolute Gasteiger partial charge is 0.340 e. The van der Waals surface area contributed by atoms with Crippen molar-refractivity contribution in [3.05, 3.63) is 29.8 Å². The van der Waals surface area contributed by atoms with E-state index in [0.717, 1.165) is 4.31 Å². The van der Waals surface area contributed by atoms with Gasteiger partial charge in [-0.05, 0) is 12.1 Å². The topological polar surface area (TPSA) is 89.7 Å². The minimum Gasteiger partial charge on any atom is -0.465 e. The lowest BCUT2D eigenvalue weighted by Gasteiger charge is -2.21. The van der Waals surface area contributed by atoms with E-state index in [0.29, 0.717) is 0 Å². The molecule has 7 heteroatoms. The zero-order valence-electron chi connectivity index (χ0n) is 10.3. The fraction of sp³-hybridized carbons (Fsp3) is 0.364. The number of methoxy groups -OCH3 is 1. The molecule has 18 heavy (non-hydrogen) atoms. The largest absolute Gasteiger partial charge is 0.465 e. The zero-order valence-corrected chi connectivity index (χ0v) is 11.1. The van der Waals surface area contributed by atoms with Crippen LogP contribution in [0.25, 0.3) is 0 Å². The highest BCUT2D eigenvalue weighted by atomic mass is 32.2. The van der Waals surface area contributed by atoms with Crippen LogP contribution in [0, 0.1) is 0 Å². The molecule has 1 rings (SSSR count). The number of rotatable bonds is 5. The number of sulfonamides is 1. The number of hydrogen-bond acceptors (Lipinski definition) is 5. The molecule has 0 amide bonds. The van der Waals surface area contributed by atoms with Crippen LogP contribution in [0.3, 0.4) is 0 Å². The molecule has 1 aromatic carbocycles. The van der Waals surface area contributed by atoms with Crippen LogP contribution >= 0.6 is 0 Å². The minimum atomic E-state index is -3.53. The van der Waals surface area contributed by atoms with Crippen LogP contribution in [0.2, 0.25) is 0 Å². The number of carbonyl (C=O) groups is 1. The third-order valence-corrected chi connectivity index (χ3v) is 4.22. The summed E-state index contributed by atoms with van der Waals surface area (Å²) < 4.78 is 29.4. The van der Waals surface area contributed by atoms with E-state index >= 15 is 0 Å². The Balaban J connectivity index is 3.21. The molecule has 0 bridgehead atoms. The van der Waals surface area contributed by atoms with Gasteiger partial charge in [-0.3, -0.25) is 4.31 Å². The number of para-hydroxylation sites is 1. The second-order valence-electron chi connectivity index (χ2n) is 3.58. The first-order chi connectivity index (χ1) is 8.44. The third kappa shape index (κ3) is 2.99. The summed E-state index contributed by atoms with van der Waals surface area (Å²) in [6, 6.07) is 6.34. The molecule has 0 radical (unpaired) electrons. The first-order valence-electron chi connectivity index (χ1n) is 5.28. The van der Waals surface area contributed by atoms with E-state index in [9.17, 15) is 13.2 Å². The Hall–Kier alpha value is -1.60. The summed E-state index contributed by atoms with van der Waals surface area (Å²) in [5.41, 5.74) is 5.73. The van der Waals surface area contributed by atoms with Gasteiger partial charge in [0.15, 0.2) is 0 Å². The van der Waals surface area contributed by atoms with Crippen LogP contribution in [-0.4, -0.2) is 40.8 Å². The Morgan fingerprint density at radius 2 is 2.00 bits per heavy atom. The molecule has 0 unspecified atom stereocenters. The highest BCUT2D eigenvalue weighted by Gasteiger charge is 2.22.